The normalized spacial score (nSPS) is 11.4. The number of fused-ring (bicyclic) bond motifs is 2. The first-order valence-electron chi connectivity index (χ1n) is 12.2. The topological polar surface area (TPSA) is 112 Å². The number of anilines is 1. The van der Waals surface area contributed by atoms with Crippen LogP contribution in [0.1, 0.15) is 20.3 Å². The first-order valence-corrected chi connectivity index (χ1v) is 12.2. The summed E-state index contributed by atoms with van der Waals surface area (Å²) in [4.78, 5) is 29.1. The fourth-order valence-electron chi connectivity index (χ4n) is 4.55. The summed E-state index contributed by atoms with van der Waals surface area (Å²) in [5.74, 6) is 0.275. The van der Waals surface area contributed by atoms with Crippen molar-refractivity contribution in [3.05, 3.63) is 79.4 Å². The van der Waals surface area contributed by atoms with Gasteiger partial charge in [-0.15, -0.1) is 0 Å². The summed E-state index contributed by atoms with van der Waals surface area (Å²) in [6, 6.07) is 18.0. The second-order valence-corrected chi connectivity index (χ2v) is 9.46. The van der Waals surface area contributed by atoms with E-state index < -0.39 is 0 Å². The van der Waals surface area contributed by atoms with Gasteiger partial charge in [0.1, 0.15) is 11.3 Å². The van der Waals surface area contributed by atoms with E-state index >= 15 is 0 Å². The molecule has 0 aliphatic heterocycles. The molecule has 0 bridgehead atoms. The number of nitrogens with one attached hydrogen (secondary N) is 3. The van der Waals surface area contributed by atoms with Gasteiger partial charge in [-0.2, -0.15) is 5.10 Å². The minimum Gasteiger partial charge on any atom is -0.338 e. The minimum absolute atomic E-state index is 0.0148. The van der Waals surface area contributed by atoms with E-state index in [2.05, 4.69) is 47.6 Å². The van der Waals surface area contributed by atoms with Gasteiger partial charge in [0, 0.05) is 46.9 Å². The van der Waals surface area contributed by atoms with Gasteiger partial charge in [-0.1, -0.05) is 26.0 Å². The van der Waals surface area contributed by atoms with Crippen LogP contribution in [0.25, 0.3) is 55.7 Å². The number of hydrogen-bond acceptors (Lipinski definition) is 5. The number of amides is 1. The molecule has 0 saturated heterocycles. The Morgan fingerprint density at radius 2 is 1.86 bits per heavy atom. The number of aromatic amines is 2. The third kappa shape index (κ3) is 4.45. The molecule has 37 heavy (non-hydrogen) atoms. The Hall–Kier alpha value is -4.85. The molecule has 8 nitrogen and oxygen atoms in total. The van der Waals surface area contributed by atoms with E-state index in [0.717, 1.165) is 55.7 Å². The van der Waals surface area contributed by atoms with E-state index in [-0.39, 0.29) is 11.8 Å². The highest BCUT2D eigenvalue weighted by atomic mass is 16.1. The molecule has 0 saturated carbocycles. The number of carbonyl (C=O) groups is 1. The van der Waals surface area contributed by atoms with E-state index in [9.17, 15) is 4.79 Å². The van der Waals surface area contributed by atoms with Gasteiger partial charge in [0.05, 0.1) is 28.8 Å². The number of pyridine rings is 3. The Morgan fingerprint density at radius 1 is 0.946 bits per heavy atom. The molecule has 3 N–H and O–H groups in total. The maximum Gasteiger partial charge on any atom is 0.224 e. The minimum atomic E-state index is -0.0148. The number of nitrogens with zero attached hydrogens (tertiary/aromatic N) is 4. The van der Waals surface area contributed by atoms with Crippen LogP contribution in [-0.2, 0) is 4.79 Å². The predicted molar refractivity (Wildman–Crippen MR) is 146 cm³/mol. The molecular weight excluding hydrogens is 462 g/mol. The smallest absolute Gasteiger partial charge is 0.224 e. The van der Waals surface area contributed by atoms with Crippen LogP contribution >= 0.6 is 0 Å². The summed E-state index contributed by atoms with van der Waals surface area (Å²) in [6.45, 7) is 4.04. The molecule has 0 spiro atoms. The summed E-state index contributed by atoms with van der Waals surface area (Å²) in [7, 11) is 0. The molecule has 0 fully saturated rings. The van der Waals surface area contributed by atoms with Gasteiger partial charge in [0.25, 0.3) is 0 Å². The lowest BCUT2D eigenvalue weighted by molar-refractivity contribution is -0.116. The van der Waals surface area contributed by atoms with Crippen molar-refractivity contribution >= 4 is 33.5 Å². The van der Waals surface area contributed by atoms with Crippen LogP contribution in [0.2, 0.25) is 0 Å². The van der Waals surface area contributed by atoms with Crippen molar-refractivity contribution in [1.29, 1.82) is 0 Å². The molecule has 0 unspecified atom stereocenters. The van der Waals surface area contributed by atoms with E-state index in [0.29, 0.717) is 12.1 Å². The highest BCUT2D eigenvalue weighted by Gasteiger charge is 2.15. The fraction of sp³-hybridized carbons (Fsp3) is 0.138. The second kappa shape index (κ2) is 9.31. The number of H-pyrrole nitrogens is 2. The van der Waals surface area contributed by atoms with Crippen LogP contribution in [-0.4, -0.2) is 36.0 Å². The van der Waals surface area contributed by atoms with Crippen molar-refractivity contribution in [1.82, 2.24) is 30.1 Å². The molecule has 0 aliphatic rings. The van der Waals surface area contributed by atoms with Gasteiger partial charge in [-0.3, -0.25) is 19.9 Å². The first-order chi connectivity index (χ1) is 18.0. The Bertz CT molecular complexity index is 1730. The van der Waals surface area contributed by atoms with Crippen LogP contribution in [0.15, 0.2) is 79.4 Å². The molecule has 8 heteroatoms. The average Bonchev–Trinajstić information content (AvgIpc) is 3.52. The lowest BCUT2D eigenvalue weighted by Crippen LogP contribution is -2.13. The Morgan fingerprint density at radius 3 is 2.70 bits per heavy atom. The predicted octanol–water partition coefficient (Wildman–Crippen LogP) is 6.21. The van der Waals surface area contributed by atoms with Gasteiger partial charge in [0.15, 0.2) is 0 Å². The van der Waals surface area contributed by atoms with E-state index in [1.165, 1.54) is 0 Å². The Labute approximate surface area is 213 Å². The number of carbonyl (C=O) groups excluding carboxylic acids is 1. The Kier molecular flexibility index (Phi) is 5.69. The van der Waals surface area contributed by atoms with E-state index in [4.69, 9.17) is 0 Å². The molecular formula is C29H25N7O. The number of hydrogen-bond donors (Lipinski definition) is 3. The van der Waals surface area contributed by atoms with Crippen molar-refractivity contribution < 1.29 is 4.79 Å². The van der Waals surface area contributed by atoms with Crippen LogP contribution in [0.4, 0.5) is 5.69 Å². The molecule has 5 heterocycles. The van der Waals surface area contributed by atoms with Crippen LogP contribution in [0.5, 0.6) is 0 Å². The van der Waals surface area contributed by atoms with E-state index in [1.807, 2.05) is 56.3 Å². The van der Waals surface area contributed by atoms with Crippen molar-refractivity contribution in [3.63, 3.8) is 0 Å². The summed E-state index contributed by atoms with van der Waals surface area (Å²) in [6.07, 6.45) is 7.51. The average molecular weight is 488 g/mol. The van der Waals surface area contributed by atoms with Gasteiger partial charge in [-0.25, -0.2) is 4.98 Å². The lowest BCUT2D eigenvalue weighted by atomic mass is 10.0. The molecule has 0 atom stereocenters. The first kappa shape index (κ1) is 22.6. The summed E-state index contributed by atoms with van der Waals surface area (Å²) in [5.41, 5.74) is 7.83. The lowest BCUT2D eigenvalue weighted by Gasteiger charge is -2.09. The summed E-state index contributed by atoms with van der Waals surface area (Å²) < 4.78 is 0. The van der Waals surface area contributed by atoms with Crippen molar-refractivity contribution in [2.75, 3.05) is 5.32 Å². The monoisotopic (exact) mass is 487 g/mol. The maximum absolute atomic E-state index is 12.2. The van der Waals surface area contributed by atoms with Gasteiger partial charge < -0.3 is 10.3 Å². The SMILES string of the molecule is CC(C)CC(=O)Nc1cncc(-c2ccc3[nH]nc(-c4cc5c(-c6ccccn6)ccnc5[nH]4)c3c2)c1. The van der Waals surface area contributed by atoms with Crippen molar-refractivity contribution in [3.8, 4) is 33.8 Å². The standard InChI is InChI=1S/C29H25N7O/c1-17(2)11-27(37)33-20-12-19(15-30-16-20)18-6-7-25-23(13-18)28(36-35-25)26-14-22-21(8-10-32-29(22)34-26)24-5-3-4-9-31-24/h3-10,12-17H,11H2,1-2H3,(H,32,34)(H,33,37)(H,35,36). The number of aromatic nitrogens is 6. The molecule has 182 valence electrons. The molecule has 1 amide bonds. The number of benzene rings is 1. The number of rotatable bonds is 6. The van der Waals surface area contributed by atoms with Gasteiger partial charge in [0.2, 0.25) is 5.91 Å². The second-order valence-electron chi connectivity index (χ2n) is 9.46. The highest BCUT2D eigenvalue weighted by molar-refractivity contribution is 6.00. The van der Waals surface area contributed by atoms with Crippen molar-refractivity contribution in [2.45, 2.75) is 20.3 Å². The quantitative estimate of drug-likeness (QED) is 0.258. The summed E-state index contributed by atoms with van der Waals surface area (Å²) >= 11 is 0. The van der Waals surface area contributed by atoms with Crippen LogP contribution < -0.4 is 5.32 Å². The zero-order valence-electron chi connectivity index (χ0n) is 20.5. The van der Waals surface area contributed by atoms with E-state index in [1.54, 1.807) is 24.8 Å². The van der Waals surface area contributed by atoms with Gasteiger partial charge in [-0.05, 0) is 53.9 Å². The maximum atomic E-state index is 12.2. The van der Waals surface area contributed by atoms with Crippen LogP contribution in [0.3, 0.4) is 0 Å². The summed E-state index contributed by atoms with van der Waals surface area (Å²) in [5, 5.41) is 12.6. The zero-order chi connectivity index (χ0) is 25.4. The fourth-order valence-corrected chi connectivity index (χ4v) is 4.55. The highest BCUT2D eigenvalue weighted by Crippen LogP contribution is 2.34. The third-order valence-corrected chi connectivity index (χ3v) is 6.24. The third-order valence-electron chi connectivity index (χ3n) is 6.24. The molecule has 1 aromatic carbocycles. The van der Waals surface area contributed by atoms with Crippen LogP contribution in [0, 0.1) is 5.92 Å². The zero-order valence-corrected chi connectivity index (χ0v) is 20.5. The molecule has 0 radical (unpaired) electrons. The molecule has 0 aliphatic carbocycles. The largest absolute Gasteiger partial charge is 0.338 e. The molecule has 6 rings (SSSR count). The van der Waals surface area contributed by atoms with Gasteiger partial charge >= 0.3 is 0 Å². The Balaban J connectivity index is 1.38. The van der Waals surface area contributed by atoms with Crippen molar-refractivity contribution in [2.24, 2.45) is 5.92 Å². The molecule has 5 aromatic heterocycles. The molecule has 6 aromatic rings.